The molecule has 1 fully saturated rings. The molecule has 0 aliphatic carbocycles. The molecule has 3 atom stereocenters. The highest BCUT2D eigenvalue weighted by Crippen LogP contribution is 2.30. The molecule has 1 saturated heterocycles. The maximum atomic E-state index is 12.5. The van der Waals surface area contributed by atoms with Gasteiger partial charge in [0.15, 0.2) is 11.2 Å². The number of ether oxygens (including phenoxy) is 1. The van der Waals surface area contributed by atoms with Gasteiger partial charge in [0.1, 0.15) is 12.3 Å². The summed E-state index contributed by atoms with van der Waals surface area (Å²) in [6, 6.07) is 1.72. The Balaban J connectivity index is 1.89. The molecule has 9 nitrogen and oxygen atoms in total. The van der Waals surface area contributed by atoms with Gasteiger partial charge in [-0.25, -0.2) is 14.4 Å². The van der Waals surface area contributed by atoms with Crippen molar-refractivity contribution in [2.24, 2.45) is 0 Å². The van der Waals surface area contributed by atoms with Crippen molar-refractivity contribution in [2.75, 3.05) is 6.61 Å². The first kappa shape index (κ1) is 14.2. The number of imidazole rings is 1. The average molecular weight is 317 g/mol. The highest BCUT2D eigenvalue weighted by Gasteiger charge is 2.35. The molecule has 2 N–H and O–H groups in total. The van der Waals surface area contributed by atoms with Crippen LogP contribution >= 0.6 is 0 Å². The minimum Gasteiger partial charge on any atom is -0.394 e. The van der Waals surface area contributed by atoms with Crippen LogP contribution in [0.2, 0.25) is 0 Å². The smallest absolute Gasteiger partial charge is 0.287 e. The van der Waals surface area contributed by atoms with Crippen LogP contribution in [0.15, 0.2) is 23.4 Å². The molecule has 0 unspecified atom stereocenters. The summed E-state index contributed by atoms with van der Waals surface area (Å²) in [5, 5.41) is 19.1. The van der Waals surface area contributed by atoms with E-state index in [-0.39, 0.29) is 23.5 Å². The van der Waals surface area contributed by atoms with E-state index in [1.165, 1.54) is 10.7 Å². The molecule has 0 saturated carbocycles. The minimum absolute atomic E-state index is 0.207. The predicted molar refractivity (Wildman–Crippen MR) is 78.9 cm³/mol. The molecule has 9 heteroatoms. The van der Waals surface area contributed by atoms with Gasteiger partial charge in [0, 0.05) is 18.3 Å². The van der Waals surface area contributed by atoms with Gasteiger partial charge in [0.25, 0.3) is 5.56 Å². The molecule has 0 aromatic carbocycles. The third-order valence-corrected chi connectivity index (χ3v) is 4.05. The second-order valence-electron chi connectivity index (χ2n) is 5.59. The van der Waals surface area contributed by atoms with Gasteiger partial charge in [-0.1, -0.05) is 0 Å². The fraction of sp³-hybridized carbons (Fsp3) is 0.429. The van der Waals surface area contributed by atoms with Gasteiger partial charge >= 0.3 is 0 Å². The van der Waals surface area contributed by atoms with E-state index in [9.17, 15) is 15.0 Å². The lowest BCUT2D eigenvalue weighted by Crippen LogP contribution is -2.24. The monoisotopic (exact) mass is 317 g/mol. The van der Waals surface area contributed by atoms with E-state index in [2.05, 4.69) is 15.0 Å². The normalized spacial score (nSPS) is 24.7. The zero-order valence-electron chi connectivity index (χ0n) is 12.3. The van der Waals surface area contributed by atoms with Crippen LogP contribution < -0.4 is 5.56 Å². The van der Waals surface area contributed by atoms with E-state index in [0.717, 1.165) is 5.69 Å². The van der Waals surface area contributed by atoms with E-state index < -0.39 is 18.4 Å². The number of hydrogen-bond donors (Lipinski definition) is 2. The predicted octanol–water partition coefficient (Wildman–Crippen LogP) is -0.612. The number of hydrogen-bond acceptors (Lipinski definition) is 7. The van der Waals surface area contributed by atoms with Gasteiger partial charge in [0.05, 0.1) is 19.0 Å². The fourth-order valence-corrected chi connectivity index (χ4v) is 2.82. The summed E-state index contributed by atoms with van der Waals surface area (Å²) in [6.45, 7) is 1.54. The maximum absolute atomic E-state index is 12.5. The van der Waals surface area contributed by atoms with Crippen molar-refractivity contribution in [3.05, 3.63) is 34.6 Å². The van der Waals surface area contributed by atoms with E-state index in [0.29, 0.717) is 12.1 Å². The van der Waals surface area contributed by atoms with Crippen molar-refractivity contribution in [1.82, 2.24) is 23.9 Å². The van der Waals surface area contributed by atoms with Crippen molar-refractivity contribution >= 4 is 16.9 Å². The summed E-state index contributed by atoms with van der Waals surface area (Å²) < 4.78 is 8.54. The molecular formula is C14H15N5O4. The third-order valence-electron chi connectivity index (χ3n) is 4.05. The lowest BCUT2D eigenvalue weighted by molar-refractivity contribution is -0.0432. The molecule has 3 aromatic heterocycles. The van der Waals surface area contributed by atoms with Gasteiger partial charge in [-0.05, 0) is 13.0 Å². The van der Waals surface area contributed by atoms with Crippen molar-refractivity contribution in [3.63, 3.8) is 0 Å². The topological polar surface area (TPSA) is 115 Å². The van der Waals surface area contributed by atoms with Gasteiger partial charge in [0.2, 0.25) is 5.78 Å². The van der Waals surface area contributed by atoms with Crippen molar-refractivity contribution < 1.29 is 14.9 Å². The molecule has 0 bridgehead atoms. The van der Waals surface area contributed by atoms with E-state index in [4.69, 9.17) is 4.74 Å². The number of aryl methyl sites for hydroxylation is 1. The molecule has 1 aliphatic rings. The lowest BCUT2D eigenvalue weighted by atomic mass is 10.2. The van der Waals surface area contributed by atoms with Crippen LogP contribution in [-0.4, -0.2) is 52.9 Å². The van der Waals surface area contributed by atoms with Gasteiger partial charge in [-0.2, -0.15) is 4.98 Å². The summed E-state index contributed by atoms with van der Waals surface area (Å²) in [7, 11) is 0. The van der Waals surface area contributed by atoms with E-state index in [1.807, 2.05) is 6.92 Å². The van der Waals surface area contributed by atoms with Crippen LogP contribution in [0.1, 0.15) is 18.3 Å². The Bertz CT molecular complexity index is 949. The molecular weight excluding hydrogens is 302 g/mol. The fourth-order valence-electron chi connectivity index (χ4n) is 2.82. The highest BCUT2D eigenvalue weighted by molar-refractivity contribution is 5.71. The molecule has 23 heavy (non-hydrogen) atoms. The van der Waals surface area contributed by atoms with E-state index in [1.54, 1.807) is 16.8 Å². The molecule has 4 rings (SSSR count). The maximum Gasteiger partial charge on any atom is 0.287 e. The summed E-state index contributed by atoms with van der Waals surface area (Å²) >= 11 is 0. The summed E-state index contributed by atoms with van der Waals surface area (Å²) in [5.74, 6) is 0.279. The summed E-state index contributed by atoms with van der Waals surface area (Å²) in [4.78, 5) is 25.3. The molecule has 0 spiro atoms. The Morgan fingerprint density at radius 2 is 2.26 bits per heavy atom. The zero-order valence-corrected chi connectivity index (χ0v) is 12.3. The Morgan fingerprint density at radius 3 is 3.00 bits per heavy atom. The van der Waals surface area contributed by atoms with Crippen LogP contribution in [-0.2, 0) is 4.74 Å². The van der Waals surface area contributed by atoms with Crippen LogP contribution in [0.4, 0.5) is 0 Å². The van der Waals surface area contributed by atoms with Crippen molar-refractivity contribution in [1.29, 1.82) is 0 Å². The second kappa shape index (κ2) is 5.08. The van der Waals surface area contributed by atoms with Crippen molar-refractivity contribution in [3.8, 4) is 0 Å². The number of fused-ring (bicyclic) bond motifs is 2. The largest absolute Gasteiger partial charge is 0.394 e. The third kappa shape index (κ3) is 2.12. The highest BCUT2D eigenvalue weighted by atomic mass is 16.5. The first-order valence-electron chi connectivity index (χ1n) is 7.25. The molecule has 3 aromatic rings. The number of nitrogens with zero attached hydrogens (tertiary/aromatic N) is 5. The number of aliphatic hydroxyl groups is 2. The van der Waals surface area contributed by atoms with Gasteiger partial charge in [-0.15, -0.1) is 0 Å². The SMILES string of the molecule is Cc1ccn2c(=O)c3ncn([C@H]4C[C@H](O)[C@@H](CO)O4)c3nc2n1. The van der Waals surface area contributed by atoms with Crippen LogP contribution in [0.5, 0.6) is 0 Å². The average Bonchev–Trinajstić information content (AvgIpc) is 3.10. The van der Waals surface area contributed by atoms with Gasteiger partial charge < -0.3 is 14.9 Å². The Labute approximate surface area is 129 Å². The molecule has 120 valence electrons. The number of aromatic nitrogens is 5. The quantitative estimate of drug-likeness (QED) is 0.648. The lowest BCUT2D eigenvalue weighted by Gasteiger charge is -2.13. The second-order valence-corrected chi connectivity index (χ2v) is 5.59. The number of rotatable bonds is 2. The standard InChI is InChI=1S/C14H15N5O4/c1-7-2-3-18-13(22)11-12(17-14(18)16-7)19(6-15-11)10-4-8(21)9(5-20)23-10/h2-3,6,8-10,20-21H,4-5H2,1H3/t8-,9+,10+/m0/s1. The summed E-state index contributed by atoms with van der Waals surface area (Å²) in [6.07, 6.45) is 1.40. The van der Waals surface area contributed by atoms with Crippen LogP contribution in [0.3, 0.4) is 0 Å². The zero-order chi connectivity index (χ0) is 16.1. The first-order chi connectivity index (χ1) is 11.1. The summed E-state index contributed by atoms with van der Waals surface area (Å²) in [5.41, 5.74) is 0.992. The molecule has 4 heterocycles. The van der Waals surface area contributed by atoms with E-state index >= 15 is 0 Å². The van der Waals surface area contributed by atoms with Crippen LogP contribution in [0, 0.1) is 6.92 Å². The molecule has 1 aliphatic heterocycles. The molecule has 0 amide bonds. The number of aliphatic hydroxyl groups excluding tert-OH is 2. The minimum atomic E-state index is -0.774. The molecule has 0 radical (unpaired) electrons. The Morgan fingerprint density at radius 1 is 1.43 bits per heavy atom. The first-order valence-corrected chi connectivity index (χ1v) is 7.25. The Hall–Kier alpha value is -2.36. The van der Waals surface area contributed by atoms with Crippen LogP contribution in [0.25, 0.3) is 16.9 Å². The van der Waals surface area contributed by atoms with Crippen molar-refractivity contribution in [2.45, 2.75) is 31.8 Å². The van der Waals surface area contributed by atoms with Gasteiger partial charge in [-0.3, -0.25) is 9.36 Å². The Kier molecular flexibility index (Phi) is 3.15.